The van der Waals surface area contributed by atoms with Crippen molar-refractivity contribution in [1.82, 2.24) is 5.48 Å². The van der Waals surface area contributed by atoms with Crippen molar-refractivity contribution in [2.75, 3.05) is 19.8 Å². The number of thiophene rings is 1. The second-order valence-electron chi connectivity index (χ2n) is 6.05. The summed E-state index contributed by atoms with van der Waals surface area (Å²) in [5, 5.41) is 0. The number of nitrogens with one attached hydrogen (secondary N) is 1. The Labute approximate surface area is 129 Å². The molecule has 1 aromatic rings. The summed E-state index contributed by atoms with van der Waals surface area (Å²) in [5.74, 6) is 1.08. The number of ether oxygens (including phenoxy) is 1. The molecule has 0 bridgehead atoms. The second-order valence-corrected chi connectivity index (χ2v) is 7.18. The van der Waals surface area contributed by atoms with Crippen LogP contribution < -0.4 is 5.48 Å². The SMILES string of the molecule is CC[C@H]1CCc2sc(C(=O)NOC[C@@H]3CCOC3)cc2C1. The Hall–Kier alpha value is -0.910. The molecule has 2 atom stereocenters. The number of hydroxylamine groups is 1. The molecule has 1 aromatic heterocycles. The Morgan fingerprint density at radius 3 is 3.14 bits per heavy atom. The van der Waals surface area contributed by atoms with E-state index < -0.39 is 0 Å². The van der Waals surface area contributed by atoms with Crippen LogP contribution in [0.5, 0.6) is 0 Å². The van der Waals surface area contributed by atoms with E-state index in [1.807, 2.05) is 0 Å². The lowest BCUT2D eigenvalue weighted by molar-refractivity contribution is 0.0148. The van der Waals surface area contributed by atoms with Gasteiger partial charge in [0.2, 0.25) is 0 Å². The maximum Gasteiger partial charge on any atom is 0.284 e. The van der Waals surface area contributed by atoms with Crippen LogP contribution in [0.15, 0.2) is 6.07 Å². The van der Waals surface area contributed by atoms with Crippen LogP contribution in [0.2, 0.25) is 0 Å². The van der Waals surface area contributed by atoms with E-state index >= 15 is 0 Å². The Kier molecular flexibility index (Phi) is 4.93. The Bertz CT molecular complexity index is 494. The zero-order chi connectivity index (χ0) is 14.7. The van der Waals surface area contributed by atoms with Crippen molar-refractivity contribution in [3.8, 4) is 0 Å². The molecule has 2 heterocycles. The van der Waals surface area contributed by atoms with Crippen molar-refractivity contribution >= 4 is 17.2 Å². The minimum Gasteiger partial charge on any atom is -0.381 e. The van der Waals surface area contributed by atoms with Crippen molar-refractivity contribution in [3.05, 3.63) is 21.4 Å². The van der Waals surface area contributed by atoms with Crippen LogP contribution in [0, 0.1) is 11.8 Å². The average molecular weight is 309 g/mol. The van der Waals surface area contributed by atoms with Gasteiger partial charge in [0, 0.05) is 17.4 Å². The lowest BCUT2D eigenvalue weighted by Gasteiger charge is -2.19. The zero-order valence-electron chi connectivity index (χ0n) is 12.5. The number of fused-ring (bicyclic) bond motifs is 1. The molecule has 4 nitrogen and oxygen atoms in total. The number of rotatable bonds is 5. The van der Waals surface area contributed by atoms with Crippen LogP contribution in [-0.4, -0.2) is 25.7 Å². The number of hydrogen-bond donors (Lipinski definition) is 1. The second kappa shape index (κ2) is 6.90. The van der Waals surface area contributed by atoms with Gasteiger partial charge >= 0.3 is 0 Å². The van der Waals surface area contributed by atoms with Crippen LogP contribution in [0.4, 0.5) is 0 Å². The van der Waals surface area contributed by atoms with Gasteiger partial charge < -0.3 is 4.74 Å². The van der Waals surface area contributed by atoms with Gasteiger partial charge in [-0.2, -0.15) is 0 Å². The van der Waals surface area contributed by atoms with Gasteiger partial charge in [0.15, 0.2) is 0 Å². The maximum absolute atomic E-state index is 12.1. The molecule has 0 spiro atoms. The third-order valence-electron chi connectivity index (χ3n) is 4.49. The van der Waals surface area contributed by atoms with Gasteiger partial charge in [0.05, 0.1) is 18.1 Å². The molecule has 21 heavy (non-hydrogen) atoms. The van der Waals surface area contributed by atoms with Crippen molar-refractivity contribution in [2.24, 2.45) is 11.8 Å². The quantitative estimate of drug-likeness (QED) is 0.851. The summed E-state index contributed by atoms with van der Waals surface area (Å²) in [7, 11) is 0. The van der Waals surface area contributed by atoms with E-state index in [2.05, 4.69) is 18.5 Å². The van der Waals surface area contributed by atoms with Crippen molar-refractivity contribution in [3.63, 3.8) is 0 Å². The summed E-state index contributed by atoms with van der Waals surface area (Å²) in [6.45, 7) is 4.32. The highest BCUT2D eigenvalue weighted by Gasteiger charge is 2.22. The van der Waals surface area contributed by atoms with Gasteiger partial charge in [-0.3, -0.25) is 9.63 Å². The monoisotopic (exact) mass is 309 g/mol. The average Bonchev–Trinajstić information content (AvgIpc) is 3.15. The van der Waals surface area contributed by atoms with E-state index in [-0.39, 0.29) is 5.91 Å². The van der Waals surface area contributed by atoms with Crippen molar-refractivity contribution in [1.29, 1.82) is 0 Å². The molecule has 1 N–H and O–H groups in total. The fraction of sp³-hybridized carbons (Fsp3) is 0.688. The summed E-state index contributed by atoms with van der Waals surface area (Å²) in [5.41, 5.74) is 3.94. The zero-order valence-corrected chi connectivity index (χ0v) is 13.3. The molecule has 0 aromatic carbocycles. The first-order chi connectivity index (χ1) is 10.3. The first-order valence-corrected chi connectivity index (χ1v) is 8.69. The highest BCUT2D eigenvalue weighted by atomic mass is 32.1. The number of aryl methyl sites for hydroxylation is 1. The third-order valence-corrected chi connectivity index (χ3v) is 5.73. The van der Waals surface area contributed by atoms with Crippen LogP contribution in [0.25, 0.3) is 0 Å². The molecule has 0 saturated carbocycles. The molecule has 0 unspecified atom stereocenters. The highest BCUT2D eigenvalue weighted by molar-refractivity contribution is 7.14. The summed E-state index contributed by atoms with van der Waals surface area (Å²) in [4.78, 5) is 19.6. The molecular weight excluding hydrogens is 286 g/mol. The largest absolute Gasteiger partial charge is 0.381 e. The molecular formula is C16H23NO3S. The van der Waals surface area contributed by atoms with Crippen LogP contribution in [0.1, 0.15) is 46.3 Å². The Morgan fingerprint density at radius 1 is 1.48 bits per heavy atom. The summed E-state index contributed by atoms with van der Waals surface area (Å²) >= 11 is 1.62. The van der Waals surface area contributed by atoms with E-state index in [1.54, 1.807) is 11.3 Å². The highest BCUT2D eigenvalue weighted by Crippen LogP contribution is 2.33. The predicted octanol–water partition coefficient (Wildman–Crippen LogP) is 2.96. The molecule has 3 rings (SSSR count). The van der Waals surface area contributed by atoms with E-state index in [0.717, 1.165) is 43.3 Å². The van der Waals surface area contributed by atoms with E-state index in [9.17, 15) is 4.79 Å². The lowest BCUT2D eigenvalue weighted by atomic mass is 9.87. The standard InChI is InChI=1S/C16H23NO3S/c1-2-11-3-4-14-13(7-11)8-15(21-14)16(18)17-20-10-12-5-6-19-9-12/h8,11-12H,2-7,9-10H2,1H3,(H,17,18)/t11-,12+/m0/s1. The molecule has 1 amide bonds. The fourth-order valence-corrected chi connectivity index (χ4v) is 4.14. The van der Waals surface area contributed by atoms with Crippen LogP contribution >= 0.6 is 11.3 Å². The van der Waals surface area contributed by atoms with Gasteiger partial charge in [-0.05, 0) is 43.2 Å². The van der Waals surface area contributed by atoms with Gasteiger partial charge in [0.25, 0.3) is 5.91 Å². The van der Waals surface area contributed by atoms with E-state index in [0.29, 0.717) is 12.5 Å². The number of carbonyl (C=O) groups excluding carboxylic acids is 1. The first-order valence-electron chi connectivity index (χ1n) is 7.87. The number of amides is 1. The smallest absolute Gasteiger partial charge is 0.284 e. The molecule has 116 valence electrons. The minimum atomic E-state index is -0.110. The number of hydrogen-bond acceptors (Lipinski definition) is 4. The predicted molar refractivity (Wildman–Crippen MR) is 82.5 cm³/mol. The molecule has 2 aliphatic rings. The molecule has 1 aliphatic carbocycles. The van der Waals surface area contributed by atoms with E-state index in [1.165, 1.54) is 23.3 Å². The van der Waals surface area contributed by atoms with Crippen molar-refractivity contribution in [2.45, 2.75) is 39.0 Å². The Morgan fingerprint density at radius 2 is 2.38 bits per heavy atom. The summed E-state index contributed by atoms with van der Waals surface area (Å²) in [6, 6.07) is 2.05. The van der Waals surface area contributed by atoms with Gasteiger partial charge in [-0.1, -0.05) is 13.3 Å². The molecule has 1 saturated heterocycles. The van der Waals surface area contributed by atoms with Crippen LogP contribution in [-0.2, 0) is 22.4 Å². The molecule has 5 heteroatoms. The normalized spacial score (nSPS) is 24.8. The number of carbonyl (C=O) groups is 1. The van der Waals surface area contributed by atoms with Gasteiger partial charge in [-0.25, -0.2) is 5.48 Å². The minimum absolute atomic E-state index is 0.110. The van der Waals surface area contributed by atoms with Crippen LogP contribution in [0.3, 0.4) is 0 Å². The van der Waals surface area contributed by atoms with Gasteiger partial charge in [0.1, 0.15) is 0 Å². The fourth-order valence-electron chi connectivity index (χ4n) is 3.05. The summed E-state index contributed by atoms with van der Waals surface area (Å²) in [6.07, 6.45) is 5.73. The molecule has 1 fully saturated rings. The van der Waals surface area contributed by atoms with Crippen molar-refractivity contribution < 1.29 is 14.4 Å². The third kappa shape index (κ3) is 3.65. The lowest BCUT2D eigenvalue weighted by Crippen LogP contribution is -2.26. The molecule has 0 radical (unpaired) electrons. The summed E-state index contributed by atoms with van der Waals surface area (Å²) < 4.78 is 5.28. The van der Waals surface area contributed by atoms with E-state index in [4.69, 9.17) is 9.57 Å². The maximum atomic E-state index is 12.1. The van der Waals surface area contributed by atoms with Gasteiger partial charge in [-0.15, -0.1) is 11.3 Å². The Balaban J connectivity index is 1.52. The first kappa shape index (κ1) is 15.0. The molecule has 1 aliphatic heterocycles. The topological polar surface area (TPSA) is 47.6 Å².